The van der Waals surface area contributed by atoms with E-state index in [1.807, 2.05) is 38.1 Å². The molecule has 0 saturated heterocycles. The summed E-state index contributed by atoms with van der Waals surface area (Å²) in [6.07, 6.45) is 2.57. The van der Waals surface area contributed by atoms with Crippen molar-refractivity contribution in [1.29, 1.82) is 0 Å². The number of anilines is 2. The number of imide groups is 1. The van der Waals surface area contributed by atoms with E-state index in [1.54, 1.807) is 18.2 Å². The fourth-order valence-corrected chi connectivity index (χ4v) is 3.19. The molecule has 6 nitrogen and oxygen atoms in total. The number of hydrogen-bond acceptors (Lipinski definition) is 5. The second-order valence-electron chi connectivity index (χ2n) is 6.85. The first kappa shape index (κ1) is 21.6. The van der Waals surface area contributed by atoms with Gasteiger partial charge in [0.05, 0.1) is 17.9 Å². The van der Waals surface area contributed by atoms with Crippen molar-refractivity contribution in [3.8, 4) is 0 Å². The summed E-state index contributed by atoms with van der Waals surface area (Å²) >= 11 is 6.18. The predicted molar refractivity (Wildman–Crippen MR) is 116 cm³/mol. The Kier molecular flexibility index (Phi) is 6.90. The first-order valence-corrected chi connectivity index (χ1v) is 10.3. The van der Waals surface area contributed by atoms with Gasteiger partial charge in [0, 0.05) is 5.69 Å². The number of aryl methyl sites for hydroxylation is 1. The van der Waals surface area contributed by atoms with Gasteiger partial charge in [0.15, 0.2) is 0 Å². The molecule has 2 aromatic rings. The molecule has 0 spiro atoms. The molecule has 0 unspecified atom stereocenters. The van der Waals surface area contributed by atoms with Crippen molar-refractivity contribution in [3.63, 3.8) is 0 Å². The molecule has 2 amide bonds. The highest BCUT2D eigenvalue weighted by Gasteiger charge is 2.39. The number of amides is 2. The zero-order valence-corrected chi connectivity index (χ0v) is 17.7. The molecule has 2 aromatic carbocycles. The summed E-state index contributed by atoms with van der Waals surface area (Å²) in [6.45, 7) is 4.37. The van der Waals surface area contributed by atoms with E-state index in [0.717, 1.165) is 29.7 Å². The molecule has 0 radical (unpaired) electrons. The molecule has 0 aliphatic carbocycles. The number of rotatable bonds is 8. The van der Waals surface area contributed by atoms with E-state index in [-0.39, 0.29) is 22.0 Å². The van der Waals surface area contributed by atoms with E-state index in [0.29, 0.717) is 12.3 Å². The maximum Gasteiger partial charge on any atom is 0.338 e. The van der Waals surface area contributed by atoms with E-state index in [1.165, 1.54) is 6.07 Å². The Hall–Kier alpha value is -3.12. The number of ether oxygens (including phenoxy) is 1. The maximum atomic E-state index is 12.9. The lowest BCUT2D eigenvalue weighted by Crippen LogP contribution is -2.32. The molecule has 0 saturated carbocycles. The third kappa shape index (κ3) is 4.54. The number of carbonyl (C=O) groups excluding carboxylic acids is 3. The number of esters is 1. The molecule has 0 fully saturated rings. The SMILES string of the molecule is CCCCOC(=O)c1cccc(N2C(=O)C(Cl)=C(Nc3ccc(CC)cc3)C2=O)c1. The van der Waals surface area contributed by atoms with Crippen molar-refractivity contribution >= 4 is 40.8 Å². The smallest absolute Gasteiger partial charge is 0.338 e. The summed E-state index contributed by atoms with van der Waals surface area (Å²) in [6, 6.07) is 13.7. The Labute approximate surface area is 180 Å². The molecule has 1 heterocycles. The fourth-order valence-electron chi connectivity index (χ4n) is 2.98. The maximum absolute atomic E-state index is 12.9. The molecule has 7 heteroatoms. The lowest BCUT2D eigenvalue weighted by molar-refractivity contribution is -0.120. The average Bonchev–Trinajstić information content (AvgIpc) is 2.97. The molecule has 0 bridgehead atoms. The van der Waals surface area contributed by atoms with E-state index in [4.69, 9.17) is 16.3 Å². The predicted octanol–water partition coefficient (Wildman–Crippen LogP) is 4.64. The van der Waals surface area contributed by atoms with Crippen LogP contribution in [0.5, 0.6) is 0 Å². The Morgan fingerprint density at radius 2 is 1.80 bits per heavy atom. The van der Waals surface area contributed by atoms with Gasteiger partial charge in [-0.3, -0.25) is 9.59 Å². The molecule has 1 aliphatic heterocycles. The standard InChI is InChI=1S/C23H23ClN2O4/c1-3-5-13-30-23(29)16-7-6-8-18(14-16)26-21(27)19(24)20(22(26)28)25-17-11-9-15(4-2)10-12-17/h6-12,14,25H,3-5,13H2,1-2H3. The average molecular weight is 427 g/mol. The summed E-state index contributed by atoms with van der Waals surface area (Å²) in [5.41, 5.74) is 2.32. The highest BCUT2D eigenvalue weighted by atomic mass is 35.5. The molecule has 0 aromatic heterocycles. The first-order valence-electron chi connectivity index (χ1n) is 9.88. The molecule has 1 N–H and O–H groups in total. The van der Waals surface area contributed by atoms with Gasteiger partial charge < -0.3 is 10.1 Å². The topological polar surface area (TPSA) is 75.7 Å². The van der Waals surface area contributed by atoms with Crippen LogP contribution in [-0.4, -0.2) is 24.4 Å². The Morgan fingerprint density at radius 1 is 1.07 bits per heavy atom. The lowest BCUT2D eigenvalue weighted by atomic mass is 10.1. The minimum atomic E-state index is -0.647. The fraction of sp³-hybridized carbons (Fsp3) is 0.261. The van der Waals surface area contributed by atoms with E-state index in [2.05, 4.69) is 5.32 Å². The summed E-state index contributed by atoms with van der Waals surface area (Å²) in [4.78, 5) is 38.8. The minimum absolute atomic E-state index is 0.00170. The van der Waals surface area contributed by atoms with Crippen molar-refractivity contribution in [2.45, 2.75) is 33.1 Å². The summed E-state index contributed by atoms with van der Waals surface area (Å²) in [5, 5.41) is 2.74. The highest BCUT2D eigenvalue weighted by molar-refractivity contribution is 6.53. The number of carbonyl (C=O) groups is 3. The van der Waals surface area contributed by atoms with Crippen LogP contribution in [0.1, 0.15) is 42.6 Å². The number of unbranched alkanes of at least 4 members (excludes halogenated alkanes) is 1. The van der Waals surface area contributed by atoms with Crippen LogP contribution in [0, 0.1) is 0 Å². The highest BCUT2D eigenvalue weighted by Crippen LogP contribution is 2.30. The van der Waals surface area contributed by atoms with Gasteiger partial charge in [0.1, 0.15) is 10.7 Å². The molecule has 1 aliphatic rings. The zero-order chi connectivity index (χ0) is 21.7. The van der Waals surface area contributed by atoms with E-state index >= 15 is 0 Å². The van der Waals surface area contributed by atoms with Crippen molar-refractivity contribution in [2.24, 2.45) is 0 Å². The normalized spacial score (nSPS) is 13.8. The molecule has 30 heavy (non-hydrogen) atoms. The van der Waals surface area contributed by atoms with E-state index < -0.39 is 17.8 Å². The van der Waals surface area contributed by atoms with Crippen LogP contribution >= 0.6 is 11.6 Å². The van der Waals surface area contributed by atoms with Gasteiger partial charge in [-0.1, -0.05) is 50.1 Å². The Bertz CT molecular complexity index is 999. The van der Waals surface area contributed by atoms with Gasteiger partial charge in [-0.2, -0.15) is 0 Å². The number of hydrogen-bond donors (Lipinski definition) is 1. The van der Waals surface area contributed by atoms with Crippen LogP contribution in [0.25, 0.3) is 0 Å². The van der Waals surface area contributed by atoms with Gasteiger partial charge in [-0.05, 0) is 48.7 Å². The van der Waals surface area contributed by atoms with Crippen molar-refractivity contribution in [3.05, 3.63) is 70.4 Å². The second kappa shape index (κ2) is 9.59. The third-order valence-corrected chi connectivity index (χ3v) is 5.08. The number of benzene rings is 2. The molecule has 156 valence electrons. The van der Waals surface area contributed by atoms with Gasteiger partial charge in [0.2, 0.25) is 0 Å². The summed E-state index contributed by atoms with van der Waals surface area (Å²) < 4.78 is 5.20. The van der Waals surface area contributed by atoms with Gasteiger partial charge in [0.25, 0.3) is 11.8 Å². The van der Waals surface area contributed by atoms with Crippen molar-refractivity contribution in [1.82, 2.24) is 0 Å². The van der Waals surface area contributed by atoms with Gasteiger partial charge in [-0.25, -0.2) is 9.69 Å². The molecular formula is C23H23ClN2O4. The Balaban J connectivity index is 1.79. The van der Waals surface area contributed by atoms with Crippen LogP contribution < -0.4 is 10.2 Å². The van der Waals surface area contributed by atoms with Gasteiger partial charge in [-0.15, -0.1) is 0 Å². The largest absolute Gasteiger partial charge is 0.462 e. The quantitative estimate of drug-likeness (QED) is 0.378. The summed E-state index contributed by atoms with van der Waals surface area (Å²) in [5.74, 6) is -1.73. The Morgan fingerprint density at radius 3 is 2.47 bits per heavy atom. The number of nitrogens with zero attached hydrogens (tertiary/aromatic N) is 1. The van der Waals surface area contributed by atoms with Crippen LogP contribution in [0.4, 0.5) is 11.4 Å². The van der Waals surface area contributed by atoms with Crippen LogP contribution in [-0.2, 0) is 20.7 Å². The first-order chi connectivity index (χ1) is 14.5. The second-order valence-corrected chi connectivity index (χ2v) is 7.23. The number of nitrogens with one attached hydrogen (secondary N) is 1. The molecule has 3 rings (SSSR count). The van der Waals surface area contributed by atoms with Crippen LogP contribution in [0.15, 0.2) is 59.3 Å². The van der Waals surface area contributed by atoms with Crippen LogP contribution in [0.2, 0.25) is 0 Å². The molecule has 0 atom stereocenters. The third-order valence-electron chi connectivity index (χ3n) is 4.73. The van der Waals surface area contributed by atoms with Crippen molar-refractivity contribution < 1.29 is 19.1 Å². The monoisotopic (exact) mass is 426 g/mol. The zero-order valence-electron chi connectivity index (χ0n) is 16.9. The van der Waals surface area contributed by atoms with Crippen LogP contribution in [0.3, 0.4) is 0 Å². The van der Waals surface area contributed by atoms with Gasteiger partial charge >= 0.3 is 5.97 Å². The van der Waals surface area contributed by atoms with Crippen molar-refractivity contribution in [2.75, 3.05) is 16.8 Å². The lowest BCUT2D eigenvalue weighted by Gasteiger charge is -2.16. The summed E-state index contributed by atoms with van der Waals surface area (Å²) in [7, 11) is 0. The molecular weight excluding hydrogens is 404 g/mol. The number of halogens is 1. The minimum Gasteiger partial charge on any atom is -0.462 e. The van der Waals surface area contributed by atoms with E-state index in [9.17, 15) is 14.4 Å².